The van der Waals surface area contributed by atoms with Crippen molar-refractivity contribution >= 4 is 10.0 Å². The molecule has 0 saturated heterocycles. The average molecular weight is 310 g/mol. The number of benzene rings is 1. The molecule has 1 aromatic rings. The van der Waals surface area contributed by atoms with Crippen LogP contribution in [0.15, 0.2) is 24.3 Å². The van der Waals surface area contributed by atoms with Crippen molar-refractivity contribution in [3.63, 3.8) is 0 Å². The fourth-order valence-corrected chi connectivity index (χ4v) is 3.39. The summed E-state index contributed by atoms with van der Waals surface area (Å²) in [4.78, 5) is 0. The summed E-state index contributed by atoms with van der Waals surface area (Å²) >= 11 is 0. The van der Waals surface area contributed by atoms with Crippen molar-refractivity contribution in [3.05, 3.63) is 35.4 Å². The minimum Gasteiger partial charge on any atom is -0.310 e. The van der Waals surface area contributed by atoms with Gasteiger partial charge in [0, 0.05) is 26.2 Å². The van der Waals surface area contributed by atoms with Gasteiger partial charge in [0.25, 0.3) is 0 Å². The Labute approximate surface area is 128 Å². The molecule has 118 valence electrons. The van der Waals surface area contributed by atoms with Crippen LogP contribution in [0.5, 0.6) is 0 Å². The molecular formula is C16H26N2O2S. The van der Waals surface area contributed by atoms with E-state index in [1.165, 1.54) is 22.7 Å². The SMILES string of the molecule is CCCCN(C)S(=O)(=O)Cc1ccc(CNC2CC2)cc1. The number of hydrogen-bond acceptors (Lipinski definition) is 3. The van der Waals surface area contributed by atoms with Gasteiger partial charge in [-0.25, -0.2) is 12.7 Å². The second-order valence-corrected chi connectivity index (χ2v) is 7.98. The Morgan fingerprint density at radius 3 is 2.38 bits per heavy atom. The molecule has 1 aromatic carbocycles. The molecule has 0 bridgehead atoms. The summed E-state index contributed by atoms with van der Waals surface area (Å²) in [5, 5.41) is 3.46. The van der Waals surface area contributed by atoms with Crippen molar-refractivity contribution in [2.75, 3.05) is 13.6 Å². The van der Waals surface area contributed by atoms with Gasteiger partial charge in [0.1, 0.15) is 0 Å². The lowest BCUT2D eigenvalue weighted by molar-refractivity contribution is 0.458. The molecule has 0 amide bonds. The lowest BCUT2D eigenvalue weighted by atomic mass is 10.1. The second-order valence-electron chi connectivity index (χ2n) is 5.90. The molecule has 4 nitrogen and oxygen atoms in total. The Morgan fingerprint density at radius 2 is 1.81 bits per heavy atom. The van der Waals surface area contributed by atoms with Gasteiger partial charge in [-0.3, -0.25) is 0 Å². The first-order valence-electron chi connectivity index (χ1n) is 7.76. The van der Waals surface area contributed by atoms with E-state index in [1.807, 2.05) is 24.3 Å². The van der Waals surface area contributed by atoms with Crippen LogP contribution in [0.2, 0.25) is 0 Å². The third-order valence-electron chi connectivity index (χ3n) is 3.85. The molecule has 1 N–H and O–H groups in total. The molecule has 0 radical (unpaired) electrons. The maximum Gasteiger partial charge on any atom is 0.218 e. The van der Waals surface area contributed by atoms with Crippen LogP contribution >= 0.6 is 0 Å². The van der Waals surface area contributed by atoms with Gasteiger partial charge >= 0.3 is 0 Å². The minimum atomic E-state index is -3.20. The van der Waals surface area contributed by atoms with Gasteiger partial charge in [0.05, 0.1) is 5.75 Å². The number of rotatable bonds is 9. The number of nitrogens with one attached hydrogen (secondary N) is 1. The van der Waals surface area contributed by atoms with Crippen LogP contribution in [0.4, 0.5) is 0 Å². The van der Waals surface area contributed by atoms with Crippen LogP contribution < -0.4 is 5.32 Å². The average Bonchev–Trinajstić information content (AvgIpc) is 3.27. The standard InChI is InChI=1S/C16H26N2O2S/c1-3-4-11-18(2)21(19,20)13-15-7-5-14(6-8-15)12-17-16-9-10-16/h5-8,16-17H,3-4,9-13H2,1-2H3. The Hall–Kier alpha value is -0.910. The van der Waals surface area contributed by atoms with Gasteiger partial charge in [0.15, 0.2) is 0 Å². The summed E-state index contributed by atoms with van der Waals surface area (Å²) in [7, 11) is -1.53. The highest BCUT2D eigenvalue weighted by molar-refractivity contribution is 7.88. The maximum absolute atomic E-state index is 12.2. The molecule has 0 atom stereocenters. The number of unbranched alkanes of at least 4 members (excludes halogenated alkanes) is 1. The molecule has 5 heteroatoms. The van der Waals surface area contributed by atoms with E-state index >= 15 is 0 Å². The molecule has 2 rings (SSSR count). The molecule has 1 fully saturated rings. The molecule has 1 aliphatic rings. The maximum atomic E-state index is 12.2. The zero-order chi connectivity index (χ0) is 15.3. The summed E-state index contributed by atoms with van der Waals surface area (Å²) in [6, 6.07) is 8.58. The number of sulfonamides is 1. The highest BCUT2D eigenvalue weighted by atomic mass is 32.2. The predicted octanol–water partition coefficient (Wildman–Crippen LogP) is 2.50. The first-order valence-corrected chi connectivity index (χ1v) is 9.37. The van der Waals surface area contributed by atoms with E-state index in [0.717, 1.165) is 24.9 Å². The Kier molecular flexibility index (Phi) is 5.79. The van der Waals surface area contributed by atoms with Gasteiger partial charge in [-0.15, -0.1) is 0 Å². The van der Waals surface area contributed by atoms with Crippen LogP contribution in [0.3, 0.4) is 0 Å². The van der Waals surface area contributed by atoms with Crippen molar-refractivity contribution in [3.8, 4) is 0 Å². The molecule has 0 spiro atoms. The predicted molar refractivity (Wildman–Crippen MR) is 86.5 cm³/mol. The molecule has 0 heterocycles. The molecule has 0 aromatic heterocycles. The summed E-state index contributed by atoms with van der Waals surface area (Å²) in [6.07, 6.45) is 4.46. The Bertz CT molecular complexity index is 536. The van der Waals surface area contributed by atoms with E-state index in [9.17, 15) is 8.42 Å². The number of nitrogens with zero attached hydrogens (tertiary/aromatic N) is 1. The first-order chi connectivity index (χ1) is 10.0. The van der Waals surface area contributed by atoms with E-state index < -0.39 is 10.0 Å². The smallest absolute Gasteiger partial charge is 0.218 e. The molecule has 21 heavy (non-hydrogen) atoms. The molecule has 0 aliphatic heterocycles. The van der Waals surface area contributed by atoms with Crippen molar-refractivity contribution in [1.29, 1.82) is 0 Å². The monoisotopic (exact) mass is 310 g/mol. The highest BCUT2D eigenvalue weighted by Crippen LogP contribution is 2.19. The normalized spacial score (nSPS) is 15.6. The first kappa shape index (κ1) is 16.5. The van der Waals surface area contributed by atoms with Gasteiger partial charge in [-0.2, -0.15) is 0 Å². The highest BCUT2D eigenvalue weighted by Gasteiger charge is 2.20. The van der Waals surface area contributed by atoms with Gasteiger partial charge < -0.3 is 5.32 Å². The van der Waals surface area contributed by atoms with Gasteiger partial charge in [-0.1, -0.05) is 37.6 Å². The van der Waals surface area contributed by atoms with Gasteiger partial charge in [0.2, 0.25) is 10.0 Å². The van der Waals surface area contributed by atoms with Crippen LogP contribution in [-0.2, 0) is 22.3 Å². The molecule has 1 saturated carbocycles. The fraction of sp³-hybridized carbons (Fsp3) is 0.625. The fourth-order valence-electron chi connectivity index (χ4n) is 2.14. The Morgan fingerprint density at radius 1 is 1.19 bits per heavy atom. The summed E-state index contributed by atoms with van der Waals surface area (Å²) in [5.41, 5.74) is 2.07. The largest absolute Gasteiger partial charge is 0.310 e. The summed E-state index contributed by atoms with van der Waals surface area (Å²) in [6.45, 7) is 3.53. The third-order valence-corrected chi connectivity index (χ3v) is 5.68. The van der Waals surface area contributed by atoms with E-state index in [-0.39, 0.29) is 5.75 Å². The summed E-state index contributed by atoms with van der Waals surface area (Å²) < 4.78 is 25.9. The molecular weight excluding hydrogens is 284 g/mol. The van der Waals surface area contributed by atoms with E-state index in [2.05, 4.69) is 12.2 Å². The summed E-state index contributed by atoms with van der Waals surface area (Å²) in [5.74, 6) is 0.0869. The van der Waals surface area contributed by atoms with E-state index in [1.54, 1.807) is 7.05 Å². The van der Waals surface area contributed by atoms with Crippen molar-refractivity contribution in [2.24, 2.45) is 0 Å². The van der Waals surface area contributed by atoms with Crippen LogP contribution in [0, 0.1) is 0 Å². The zero-order valence-corrected chi connectivity index (χ0v) is 13.8. The zero-order valence-electron chi connectivity index (χ0n) is 13.0. The third kappa shape index (κ3) is 5.41. The lowest BCUT2D eigenvalue weighted by Crippen LogP contribution is -2.29. The van der Waals surface area contributed by atoms with Crippen molar-refractivity contribution in [2.45, 2.75) is 50.9 Å². The van der Waals surface area contributed by atoms with Crippen molar-refractivity contribution in [1.82, 2.24) is 9.62 Å². The lowest BCUT2D eigenvalue weighted by Gasteiger charge is -2.16. The van der Waals surface area contributed by atoms with Gasteiger partial charge in [-0.05, 0) is 30.4 Å². The van der Waals surface area contributed by atoms with Crippen LogP contribution in [0.25, 0.3) is 0 Å². The van der Waals surface area contributed by atoms with E-state index in [0.29, 0.717) is 12.6 Å². The second kappa shape index (κ2) is 7.38. The van der Waals surface area contributed by atoms with Crippen molar-refractivity contribution < 1.29 is 8.42 Å². The minimum absolute atomic E-state index is 0.0869. The van der Waals surface area contributed by atoms with Crippen LogP contribution in [0.1, 0.15) is 43.7 Å². The van der Waals surface area contributed by atoms with E-state index in [4.69, 9.17) is 0 Å². The van der Waals surface area contributed by atoms with Crippen LogP contribution in [-0.4, -0.2) is 32.4 Å². The number of hydrogen-bond donors (Lipinski definition) is 1. The molecule has 0 unspecified atom stereocenters. The quantitative estimate of drug-likeness (QED) is 0.762. The topological polar surface area (TPSA) is 49.4 Å². The molecule has 1 aliphatic carbocycles. The Balaban J connectivity index is 1.88.